The molecule has 0 saturated carbocycles. The molecule has 0 saturated heterocycles. The lowest BCUT2D eigenvalue weighted by molar-refractivity contribution is 0.222. The van der Waals surface area contributed by atoms with E-state index >= 15 is 0 Å². The normalized spacial score (nSPS) is 11.0. The van der Waals surface area contributed by atoms with Crippen molar-refractivity contribution in [3.8, 4) is 0 Å². The summed E-state index contributed by atoms with van der Waals surface area (Å²) in [6.07, 6.45) is 5.46. The molecule has 0 N–H and O–H groups in total. The minimum absolute atomic E-state index is 0.217. The molecule has 0 atom stereocenters. The predicted molar refractivity (Wildman–Crippen MR) is 75.5 cm³/mol. The quantitative estimate of drug-likeness (QED) is 0.751. The summed E-state index contributed by atoms with van der Waals surface area (Å²) in [5.41, 5.74) is -0.658. The second-order valence-corrected chi connectivity index (χ2v) is 4.75. The fourth-order valence-electron chi connectivity index (χ4n) is 2.18. The average Bonchev–Trinajstić information content (AvgIpc) is 2.44. The van der Waals surface area contributed by atoms with E-state index in [-0.39, 0.29) is 5.56 Å². The third-order valence-electron chi connectivity index (χ3n) is 3.26. The molecule has 1 heterocycles. The summed E-state index contributed by atoms with van der Waals surface area (Å²) in [6, 6.07) is 6.78. The third-order valence-corrected chi connectivity index (χ3v) is 3.26. The van der Waals surface area contributed by atoms with Crippen molar-refractivity contribution < 1.29 is 4.52 Å². The fourth-order valence-corrected chi connectivity index (χ4v) is 2.18. The Morgan fingerprint density at radius 2 is 1.68 bits per heavy atom. The van der Waals surface area contributed by atoms with Crippen molar-refractivity contribution in [2.75, 3.05) is 0 Å². The highest BCUT2D eigenvalue weighted by atomic mass is 16.5. The van der Waals surface area contributed by atoms with Gasteiger partial charge in [0.15, 0.2) is 0 Å². The highest BCUT2D eigenvalue weighted by molar-refractivity contribution is 5.79. The number of aryl methyl sites for hydroxylation is 1. The highest BCUT2D eigenvalue weighted by Crippen LogP contribution is 2.06. The van der Waals surface area contributed by atoms with Gasteiger partial charge in [-0.05, 0) is 18.6 Å². The summed E-state index contributed by atoms with van der Waals surface area (Å²) in [5.74, 6) is 0. The molecule has 0 spiro atoms. The molecule has 0 unspecified atom stereocenters. The minimum atomic E-state index is -0.441. The number of aromatic nitrogens is 1. The van der Waals surface area contributed by atoms with Crippen LogP contribution in [0.25, 0.3) is 10.8 Å². The minimum Gasteiger partial charge on any atom is -0.332 e. The van der Waals surface area contributed by atoms with Crippen molar-refractivity contribution in [2.45, 2.75) is 45.6 Å². The zero-order valence-electron chi connectivity index (χ0n) is 11.2. The van der Waals surface area contributed by atoms with E-state index in [2.05, 4.69) is 6.92 Å². The van der Waals surface area contributed by atoms with E-state index in [0.717, 1.165) is 19.3 Å². The molecule has 0 bridgehead atoms. The third kappa shape index (κ3) is 3.13. The Kier molecular flexibility index (Phi) is 4.55. The monoisotopic (exact) mass is 261 g/mol. The van der Waals surface area contributed by atoms with Gasteiger partial charge in [0.25, 0.3) is 5.56 Å². The number of nitrogens with zero attached hydrogens (tertiary/aromatic N) is 1. The maximum Gasteiger partial charge on any atom is 0.364 e. The van der Waals surface area contributed by atoms with E-state index in [1.165, 1.54) is 17.6 Å². The second-order valence-electron chi connectivity index (χ2n) is 4.75. The van der Waals surface area contributed by atoms with Crippen molar-refractivity contribution in [1.82, 2.24) is 4.74 Å². The Labute approximate surface area is 111 Å². The van der Waals surface area contributed by atoms with Crippen LogP contribution >= 0.6 is 0 Å². The summed E-state index contributed by atoms with van der Waals surface area (Å²) in [7, 11) is 0. The van der Waals surface area contributed by atoms with Gasteiger partial charge >= 0.3 is 5.63 Å². The van der Waals surface area contributed by atoms with Gasteiger partial charge in [-0.1, -0.05) is 44.7 Å². The predicted octanol–water partition coefficient (Wildman–Crippen LogP) is 2.93. The Morgan fingerprint density at radius 3 is 2.42 bits per heavy atom. The first kappa shape index (κ1) is 13.6. The molecule has 19 heavy (non-hydrogen) atoms. The standard InChI is InChI=1S/C15H19NO3/c1-2-3-4-5-8-11-16-14(17)12-9-6-7-10-13(12)15(18)19-16/h6-7,9-10H,2-5,8,11H2,1H3. The van der Waals surface area contributed by atoms with E-state index in [0.29, 0.717) is 17.3 Å². The Morgan fingerprint density at radius 1 is 1.00 bits per heavy atom. The molecule has 0 aliphatic heterocycles. The van der Waals surface area contributed by atoms with Crippen LogP contribution in [-0.4, -0.2) is 4.74 Å². The molecule has 1 aromatic carbocycles. The SMILES string of the molecule is CCCCCCCn1oc(=O)c2ccccc2c1=O. The molecular weight excluding hydrogens is 242 g/mol. The molecule has 0 amide bonds. The zero-order chi connectivity index (χ0) is 13.7. The molecule has 4 heteroatoms. The van der Waals surface area contributed by atoms with Gasteiger partial charge in [0.1, 0.15) is 0 Å². The lowest BCUT2D eigenvalue weighted by Crippen LogP contribution is -2.25. The molecule has 0 aliphatic rings. The van der Waals surface area contributed by atoms with E-state index in [4.69, 9.17) is 4.52 Å². The smallest absolute Gasteiger partial charge is 0.332 e. The van der Waals surface area contributed by atoms with Gasteiger partial charge in [0, 0.05) is 0 Å². The topological polar surface area (TPSA) is 52.2 Å². The number of unbranched alkanes of at least 4 members (excludes halogenated alkanes) is 4. The van der Waals surface area contributed by atoms with Crippen LogP contribution in [0.4, 0.5) is 0 Å². The van der Waals surface area contributed by atoms with Crippen LogP contribution in [0, 0.1) is 0 Å². The van der Waals surface area contributed by atoms with Crippen LogP contribution in [0.1, 0.15) is 39.0 Å². The van der Waals surface area contributed by atoms with Gasteiger partial charge in [-0.3, -0.25) is 4.79 Å². The van der Waals surface area contributed by atoms with Crippen LogP contribution in [-0.2, 0) is 6.54 Å². The molecule has 0 fully saturated rings. The molecular formula is C15H19NO3. The summed E-state index contributed by atoms with van der Waals surface area (Å²) >= 11 is 0. The molecule has 102 valence electrons. The van der Waals surface area contributed by atoms with E-state index in [1.807, 2.05) is 0 Å². The molecule has 2 rings (SSSR count). The summed E-state index contributed by atoms with van der Waals surface area (Å²) in [4.78, 5) is 23.9. The van der Waals surface area contributed by atoms with Crippen LogP contribution in [0.5, 0.6) is 0 Å². The number of hydrogen-bond acceptors (Lipinski definition) is 3. The van der Waals surface area contributed by atoms with Crippen molar-refractivity contribution in [3.05, 3.63) is 45.0 Å². The van der Waals surface area contributed by atoms with Gasteiger partial charge in [-0.25, -0.2) is 4.79 Å². The van der Waals surface area contributed by atoms with Crippen LogP contribution in [0.15, 0.2) is 38.4 Å². The maximum atomic E-state index is 12.1. The molecule has 1 aromatic heterocycles. The molecule has 2 aromatic rings. The lowest BCUT2D eigenvalue weighted by Gasteiger charge is -2.04. The number of rotatable bonds is 6. The van der Waals surface area contributed by atoms with E-state index in [9.17, 15) is 9.59 Å². The number of fused-ring (bicyclic) bond motifs is 1. The Balaban J connectivity index is 2.18. The van der Waals surface area contributed by atoms with Gasteiger partial charge in [-0.15, -0.1) is 0 Å². The summed E-state index contributed by atoms with van der Waals surface area (Å²) < 4.78 is 6.27. The molecule has 4 nitrogen and oxygen atoms in total. The average molecular weight is 261 g/mol. The lowest BCUT2D eigenvalue weighted by atomic mass is 10.1. The van der Waals surface area contributed by atoms with E-state index in [1.54, 1.807) is 24.3 Å². The van der Waals surface area contributed by atoms with Crippen molar-refractivity contribution >= 4 is 10.8 Å². The van der Waals surface area contributed by atoms with Crippen LogP contribution in [0.3, 0.4) is 0 Å². The first-order valence-corrected chi connectivity index (χ1v) is 6.87. The Hall–Kier alpha value is -1.84. The Bertz CT molecular complexity index is 654. The zero-order valence-corrected chi connectivity index (χ0v) is 11.2. The van der Waals surface area contributed by atoms with Crippen LogP contribution < -0.4 is 11.2 Å². The van der Waals surface area contributed by atoms with E-state index < -0.39 is 5.63 Å². The van der Waals surface area contributed by atoms with Gasteiger partial charge < -0.3 is 4.52 Å². The second kappa shape index (κ2) is 6.36. The maximum absolute atomic E-state index is 12.1. The summed E-state index contributed by atoms with van der Waals surface area (Å²) in [6.45, 7) is 2.63. The number of benzene rings is 1. The number of hydrogen-bond donors (Lipinski definition) is 0. The van der Waals surface area contributed by atoms with Crippen molar-refractivity contribution in [1.29, 1.82) is 0 Å². The largest absolute Gasteiger partial charge is 0.364 e. The first-order chi connectivity index (χ1) is 9.24. The first-order valence-electron chi connectivity index (χ1n) is 6.87. The van der Waals surface area contributed by atoms with Crippen molar-refractivity contribution in [3.63, 3.8) is 0 Å². The van der Waals surface area contributed by atoms with Crippen molar-refractivity contribution in [2.24, 2.45) is 0 Å². The molecule has 0 radical (unpaired) electrons. The highest BCUT2D eigenvalue weighted by Gasteiger charge is 2.07. The van der Waals surface area contributed by atoms with Gasteiger partial charge in [0.05, 0.1) is 17.3 Å². The fraction of sp³-hybridized carbons (Fsp3) is 0.467. The summed E-state index contributed by atoms with van der Waals surface area (Å²) in [5, 5.41) is 0.794. The van der Waals surface area contributed by atoms with Gasteiger partial charge in [-0.2, -0.15) is 4.74 Å². The van der Waals surface area contributed by atoms with Gasteiger partial charge in [0.2, 0.25) is 0 Å². The van der Waals surface area contributed by atoms with Crippen LogP contribution in [0.2, 0.25) is 0 Å². The molecule has 0 aliphatic carbocycles.